The molecule has 21 heavy (non-hydrogen) atoms. The van der Waals surface area contributed by atoms with Gasteiger partial charge in [-0.15, -0.1) is 0 Å². The number of methoxy groups -OCH3 is 1. The van der Waals surface area contributed by atoms with Crippen LogP contribution in [0.1, 0.15) is 42.1 Å². The quantitative estimate of drug-likeness (QED) is 0.653. The Morgan fingerprint density at radius 3 is 2.52 bits per heavy atom. The number of nitrogens with zero attached hydrogens (tertiary/aromatic N) is 1. The highest BCUT2D eigenvalue weighted by Crippen LogP contribution is 2.35. The first-order valence-corrected chi connectivity index (χ1v) is 7.94. The molecule has 0 aromatic heterocycles. The number of hydrogen-bond donors (Lipinski definition) is 0. The van der Waals surface area contributed by atoms with E-state index in [9.17, 15) is 4.79 Å². The highest BCUT2D eigenvalue weighted by molar-refractivity contribution is 5.96. The highest BCUT2D eigenvalue weighted by atomic mass is 16.5. The fourth-order valence-corrected chi connectivity index (χ4v) is 2.73. The van der Waals surface area contributed by atoms with Crippen LogP contribution in [0, 0.1) is 12.8 Å². The van der Waals surface area contributed by atoms with Crippen molar-refractivity contribution in [3.8, 4) is 0 Å². The number of rotatable bonds is 9. The number of Topliss-reactive ketones (excluding diaryl/α,β-unsaturated/α-hetero) is 1. The predicted octanol–water partition coefficient (Wildman–Crippen LogP) is 3.31. The van der Waals surface area contributed by atoms with E-state index in [0.29, 0.717) is 12.5 Å². The van der Waals surface area contributed by atoms with Gasteiger partial charge in [-0.3, -0.25) is 9.69 Å². The second kappa shape index (κ2) is 7.71. The van der Waals surface area contributed by atoms with Gasteiger partial charge in [-0.2, -0.15) is 0 Å². The number of carbonyl (C=O) groups is 1. The molecule has 0 heterocycles. The first-order chi connectivity index (χ1) is 10.1. The average Bonchev–Trinajstić information content (AvgIpc) is 3.32. The molecule has 3 nitrogen and oxygen atoms in total. The summed E-state index contributed by atoms with van der Waals surface area (Å²) in [5.41, 5.74) is 2.02. The molecule has 1 aromatic carbocycles. The summed E-state index contributed by atoms with van der Waals surface area (Å²) in [7, 11) is 1.73. The molecule has 0 spiro atoms. The van der Waals surface area contributed by atoms with Gasteiger partial charge in [0.25, 0.3) is 0 Å². The largest absolute Gasteiger partial charge is 0.383 e. The summed E-state index contributed by atoms with van der Waals surface area (Å²) < 4.78 is 5.20. The molecule has 0 bridgehead atoms. The topological polar surface area (TPSA) is 29.5 Å². The van der Waals surface area contributed by atoms with E-state index in [1.807, 2.05) is 31.2 Å². The average molecular weight is 289 g/mol. The molecule has 1 aromatic rings. The number of hydrogen-bond acceptors (Lipinski definition) is 3. The lowest BCUT2D eigenvalue weighted by Crippen LogP contribution is -2.38. The minimum atomic E-state index is 0.236. The summed E-state index contributed by atoms with van der Waals surface area (Å²) in [4.78, 5) is 14.7. The van der Waals surface area contributed by atoms with Crippen molar-refractivity contribution < 1.29 is 9.53 Å². The standard InChI is InChI=1S/C18H27NO2/c1-14-4-6-17(7-5-14)18(20)10-11-19(12-13-21-3)15(2)16-8-9-16/h4-7,15-16H,8-13H2,1-3H3. The van der Waals surface area contributed by atoms with Gasteiger partial charge in [0.2, 0.25) is 0 Å². The minimum absolute atomic E-state index is 0.236. The molecule has 1 aliphatic rings. The lowest BCUT2D eigenvalue weighted by Gasteiger charge is -2.28. The molecule has 3 heteroatoms. The van der Waals surface area contributed by atoms with Crippen LogP contribution in [0.2, 0.25) is 0 Å². The maximum atomic E-state index is 12.3. The van der Waals surface area contributed by atoms with Crippen molar-refractivity contribution in [2.45, 2.75) is 39.2 Å². The molecule has 1 saturated carbocycles. The number of ketones is 1. The second-order valence-corrected chi connectivity index (χ2v) is 6.15. The molecule has 1 aliphatic carbocycles. The van der Waals surface area contributed by atoms with E-state index in [0.717, 1.165) is 31.2 Å². The zero-order valence-corrected chi connectivity index (χ0v) is 13.5. The van der Waals surface area contributed by atoms with Crippen LogP contribution in [0.25, 0.3) is 0 Å². The lowest BCUT2D eigenvalue weighted by molar-refractivity contribution is 0.0902. The van der Waals surface area contributed by atoms with Gasteiger partial charge in [0, 0.05) is 38.2 Å². The zero-order valence-electron chi connectivity index (χ0n) is 13.5. The molecule has 0 saturated heterocycles. The van der Waals surface area contributed by atoms with Gasteiger partial charge in [-0.05, 0) is 32.6 Å². The number of carbonyl (C=O) groups excluding carboxylic acids is 1. The van der Waals surface area contributed by atoms with Crippen LogP contribution in [-0.2, 0) is 4.74 Å². The molecular formula is C18H27NO2. The van der Waals surface area contributed by atoms with Crippen molar-refractivity contribution in [3.05, 3.63) is 35.4 Å². The molecule has 1 fully saturated rings. The van der Waals surface area contributed by atoms with Crippen LogP contribution in [0.4, 0.5) is 0 Å². The number of ether oxygens (including phenoxy) is 1. The van der Waals surface area contributed by atoms with Gasteiger partial charge in [0.15, 0.2) is 5.78 Å². The fourth-order valence-electron chi connectivity index (χ4n) is 2.73. The van der Waals surface area contributed by atoms with E-state index in [4.69, 9.17) is 4.74 Å². The monoisotopic (exact) mass is 289 g/mol. The van der Waals surface area contributed by atoms with Gasteiger partial charge in [-0.1, -0.05) is 29.8 Å². The molecule has 1 unspecified atom stereocenters. The van der Waals surface area contributed by atoms with Crippen molar-refractivity contribution in [2.75, 3.05) is 26.8 Å². The number of benzene rings is 1. The predicted molar refractivity (Wildman–Crippen MR) is 85.8 cm³/mol. The van der Waals surface area contributed by atoms with Crippen LogP contribution >= 0.6 is 0 Å². The third-order valence-electron chi connectivity index (χ3n) is 4.46. The third-order valence-corrected chi connectivity index (χ3v) is 4.46. The van der Waals surface area contributed by atoms with Crippen molar-refractivity contribution in [1.29, 1.82) is 0 Å². The van der Waals surface area contributed by atoms with Gasteiger partial charge < -0.3 is 4.74 Å². The summed E-state index contributed by atoms with van der Waals surface area (Å²) in [6, 6.07) is 8.43. The number of aryl methyl sites for hydroxylation is 1. The Balaban J connectivity index is 1.87. The Morgan fingerprint density at radius 1 is 1.29 bits per heavy atom. The molecule has 0 N–H and O–H groups in total. The third kappa shape index (κ3) is 4.94. The maximum Gasteiger partial charge on any atom is 0.164 e. The molecule has 0 amide bonds. The molecule has 0 aliphatic heterocycles. The Hall–Kier alpha value is -1.19. The first-order valence-electron chi connectivity index (χ1n) is 7.94. The van der Waals surface area contributed by atoms with Crippen molar-refractivity contribution in [2.24, 2.45) is 5.92 Å². The van der Waals surface area contributed by atoms with E-state index < -0.39 is 0 Å². The lowest BCUT2D eigenvalue weighted by atomic mass is 10.1. The fraction of sp³-hybridized carbons (Fsp3) is 0.611. The first kappa shape index (κ1) is 16.2. The van der Waals surface area contributed by atoms with Crippen LogP contribution in [0.15, 0.2) is 24.3 Å². The van der Waals surface area contributed by atoms with Gasteiger partial charge in [-0.25, -0.2) is 0 Å². The SMILES string of the molecule is COCCN(CCC(=O)c1ccc(C)cc1)C(C)C1CC1. The highest BCUT2D eigenvalue weighted by Gasteiger charge is 2.31. The van der Waals surface area contributed by atoms with Crippen molar-refractivity contribution in [3.63, 3.8) is 0 Å². The summed E-state index contributed by atoms with van der Waals surface area (Å²) in [5.74, 6) is 1.05. The summed E-state index contributed by atoms with van der Waals surface area (Å²) in [6.45, 7) is 6.79. The van der Waals surface area contributed by atoms with E-state index in [2.05, 4.69) is 11.8 Å². The summed E-state index contributed by atoms with van der Waals surface area (Å²) in [6.07, 6.45) is 3.25. The maximum absolute atomic E-state index is 12.3. The Kier molecular flexibility index (Phi) is 5.95. The Morgan fingerprint density at radius 2 is 1.95 bits per heavy atom. The van der Waals surface area contributed by atoms with Crippen LogP contribution in [0.5, 0.6) is 0 Å². The Labute approximate surface area is 128 Å². The van der Waals surface area contributed by atoms with E-state index in [1.165, 1.54) is 18.4 Å². The van der Waals surface area contributed by atoms with Crippen LogP contribution in [-0.4, -0.2) is 43.5 Å². The van der Waals surface area contributed by atoms with Crippen LogP contribution < -0.4 is 0 Å². The Bertz CT molecular complexity index is 451. The van der Waals surface area contributed by atoms with Gasteiger partial charge in [0.1, 0.15) is 0 Å². The normalized spacial score (nSPS) is 16.2. The zero-order chi connectivity index (χ0) is 15.2. The van der Waals surface area contributed by atoms with Crippen LogP contribution in [0.3, 0.4) is 0 Å². The van der Waals surface area contributed by atoms with Crippen molar-refractivity contribution >= 4 is 5.78 Å². The smallest absolute Gasteiger partial charge is 0.164 e. The van der Waals surface area contributed by atoms with E-state index in [-0.39, 0.29) is 5.78 Å². The summed E-state index contributed by atoms with van der Waals surface area (Å²) >= 11 is 0. The molecule has 116 valence electrons. The van der Waals surface area contributed by atoms with E-state index in [1.54, 1.807) is 7.11 Å². The molecule has 1 atom stereocenters. The van der Waals surface area contributed by atoms with Crippen molar-refractivity contribution in [1.82, 2.24) is 4.90 Å². The molecule has 2 rings (SSSR count). The van der Waals surface area contributed by atoms with Gasteiger partial charge >= 0.3 is 0 Å². The van der Waals surface area contributed by atoms with E-state index >= 15 is 0 Å². The minimum Gasteiger partial charge on any atom is -0.383 e. The second-order valence-electron chi connectivity index (χ2n) is 6.15. The molecule has 0 radical (unpaired) electrons. The summed E-state index contributed by atoms with van der Waals surface area (Å²) in [5, 5.41) is 0. The molecular weight excluding hydrogens is 262 g/mol. The van der Waals surface area contributed by atoms with Gasteiger partial charge in [0.05, 0.1) is 6.61 Å².